The molecule has 1 aromatic heterocycles. The van der Waals surface area contributed by atoms with Gasteiger partial charge in [-0.15, -0.1) is 0 Å². The second-order valence-electron chi connectivity index (χ2n) is 5.41. The van der Waals surface area contributed by atoms with Crippen LogP contribution in [0.15, 0.2) is 4.52 Å². The molecule has 6 nitrogen and oxygen atoms in total. The maximum atomic E-state index is 6.13. The van der Waals surface area contributed by atoms with Crippen LogP contribution in [0.5, 0.6) is 0 Å². The number of ether oxygens (including phenoxy) is 2. The van der Waals surface area contributed by atoms with Crippen molar-refractivity contribution < 1.29 is 14.0 Å². The van der Waals surface area contributed by atoms with E-state index in [-0.39, 0.29) is 6.10 Å². The smallest absolute Gasteiger partial charge is 0.258 e. The summed E-state index contributed by atoms with van der Waals surface area (Å²) in [6.45, 7) is 9.74. The lowest BCUT2D eigenvalue weighted by Crippen LogP contribution is -2.40. The summed E-state index contributed by atoms with van der Waals surface area (Å²) in [5.41, 5.74) is 4.73. The monoisotopic (exact) mass is 257 g/mol. The molecular weight excluding hydrogens is 234 g/mol. The van der Waals surface area contributed by atoms with E-state index in [9.17, 15) is 0 Å². The Bertz CT molecular complexity index is 386. The molecule has 6 heteroatoms. The van der Waals surface area contributed by atoms with Gasteiger partial charge < -0.3 is 19.7 Å². The van der Waals surface area contributed by atoms with Gasteiger partial charge in [-0.3, -0.25) is 0 Å². The van der Waals surface area contributed by atoms with Crippen molar-refractivity contribution >= 4 is 0 Å². The summed E-state index contributed by atoms with van der Waals surface area (Å²) in [4.78, 5) is 4.29. The maximum absolute atomic E-state index is 6.13. The standard InChI is InChI=1S/C12H23N3O3/c1-8(2)17-7-12(5,13)9-14-10(18-15-9)11(3,4)16-6/h8H,7,13H2,1-6H3. The zero-order valence-electron chi connectivity index (χ0n) is 12.0. The van der Waals surface area contributed by atoms with E-state index in [1.165, 1.54) is 0 Å². The molecule has 0 amide bonds. The molecule has 0 fully saturated rings. The number of methoxy groups -OCH3 is 1. The predicted octanol–water partition coefficient (Wildman–Crippen LogP) is 1.55. The Morgan fingerprint density at radius 1 is 1.33 bits per heavy atom. The van der Waals surface area contributed by atoms with E-state index in [1.807, 2.05) is 34.6 Å². The van der Waals surface area contributed by atoms with Crippen LogP contribution in [0.25, 0.3) is 0 Å². The van der Waals surface area contributed by atoms with E-state index in [0.29, 0.717) is 18.3 Å². The number of rotatable bonds is 6. The van der Waals surface area contributed by atoms with Crippen molar-refractivity contribution in [1.82, 2.24) is 10.1 Å². The summed E-state index contributed by atoms with van der Waals surface area (Å²) >= 11 is 0. The predicted molar refractivity (Wildman–Crippen MR) is 67.0 cm³/mol. The van der Waals surface area contributed by atoms with Crippen LogP contribution in [0.3, 0.4) is 0 Å². The molecule has 0 aliphatic heterocycles. The molecule has 0 saturated carbocycles. The first-order valence-corrected chi connectivity index (χ1v) is 5.99. The van der Waals surface area contributed by atoms with E-state index >= 15 is 0 Å². The van der Waals surface area contributed by atoms with Gasteiger partial charge in [-0.25, -0.2) is 0 Å². The van der Waals surface area contributed by atoms with Gasteiger partial charge in [0.2, 0.25) is 0 Å². The highest BCUT2D eigenvalue weighted by atomic mass is 16.5. The van der Waals surface area contributed by atoms with Gasteiger partial charge in [0, 0.05) is 7.11 Å². The molecular formula is C12H23N3O3. The molecule has 1 unspecified atom stereocenters. The van der Waals surface area contributed by atoms with Gasteiger partial charge in [0.25, 0.3) is 5.89 Å². The Morgan fingerprint density at radius 3 is 2.44 bits per heavy atom. The zero-order chi connectivity index (χ0) is 14.0. The number of nitrogens with two attached hydrogens (primary N) is 1. The van der Waals surface area contributed by atoms with E-state index < -0.39 is 11.1 Å². The highest BCUT2D eigenvalue weighted by molar-refractivity contribution is 5.04. The maximum Gasteiger partial charge on any atom is 0.258 e. The van der Waals surface area contributed by atoms with Crippen molar-refractivity contribution in [3.05, 3.63) is 11.7 Å². The van der Waals surface area contributed by atoms with E-state index in [0.717, 1.165) is 0 Å². The Balaban J connectivity index is 2.84. The highest BCUT2D eigenvalue weighted by Gasteiger charge is 2.33. The average Bonchev–Trinajstić information content (AvgIpc) is 2.77. The first-order chi connectivity index (χ1) is 8.19. The van der Waals surface area contributed by atoms with Crippen molar-refractivity contribution in [3.63, 3.8) is 0 Å². The summed E-state index contributed by atoms with van der Waals surface area (Å²) < 4.78 is 16.0. The van der Waals surface area contributed by atoms with Gasteiger partial charge in [0.1, 0.15) is 11.1 Å². The molecule has 2 N–H and O–H groups in total. The molecule has 18 heavy (non-hydrogen) atoms. The molecule has 1 rings (SSSR count). The number of aromatic nitrogens is 2. The minimum atomic E-state index is -0.782. The highest BCUT2D eigenvalue weighted by Crippen LogP contribution is 2.24. The van der Waals surface area contributed by atoms with Gasteiger partial charge in [0.15, 0.2) is 5.82 Å². The largest absolute Gasteiger partial charge is 0.376 e. The van der Waals surface area contributed by atoms with Gasteiger partial charge >= 0.3 is 0 Å². The lowest BCUT2D eigenvalue weighted by atomic mass is 10.0. The minimum absolute atomic E-state index is 0.106. The molecule has 0 aliphatic carbocycles. The first kappa shape index (κ1) is 15.1. The van der Waals surface area contributed by atoms with Gasteiger partial charge in [-0.1, -0.05) is 5.16 Å². The third kappa shape index (κ3) is 3.51. The normalized spacial score (nSPS) is 16.0. The SMILES string of the molecule is COC(C)(C)c1nc(C(C)(N)COC(C)C)no1. The number of hydrogen-bond donors (Lipinski definition) is 1. The Kier molecular flexibility index (Phi) is 4.47. The van der Waals surface area contributed by atoms with Crippen LogP contribution in [0, 0.1) is 0 Å². The quantitative estimate of drug-likeness (QED) is 0.832. The lowest BCUT2D eigenvalue weighted by molar-refractivity contribution is -0.00787. The average molecular weight is 257 g/mol. The van der Waals surface area contributed by atoms with Crippen LogP contribution in [-0.4, -0.2) is 30.0 Å². The second-order valence-corrected chi connectivity index (χ2v) is 5.41. The molecule has 0 spiro atoms. The van der Waals surface area contributed by atoms with E-state index in [1.54, 1.807) is 7.11 Å². The Hall–Kier alpha value is -0.980. The van der Waals surface area contributed by atoms with Crippen molar-refractivity contribution in [1.29, 1.82) is 0 Å². The summed E-state index contributed by atoms with van der Waals surface area (Å²) in [6, 6.07) is 0. The number of hydrogen-bond acceptors (Lipinski definition) is 6. The zero-order valence-corrected chi connectivity index (χ0v) is 12.0. The van der Waals surface area contributed by atoms with Crippen LogP contribution in [-0.2, 0) is 20.6 Å². The molecule has 0 bridgehead atoms. The minimum Gasteiger partial charge on any atom is -0.376 e. The third-order valence-electron chi connectivity index (χ3n) is 2.68. The van der Waals surface area contributed by atoms with Crippen LogP contribution in [0.1, 0.15) is 46.3 Å². The van der Waals surface area contributed by atoms with Crippen LogP contribution in [0.2, 0.25) is 0 Å². The Morgan fingerprint density at radius 2 is 1.94 bits per heavy atom. The van der Waals surface area contributed by atoms with Crippen LogP contribution in [0.4, 0.5) is 0 Å². The van der Waals surface area contributed by atoms with Crippen molar-refractivity contribution in [3.8, 4) is 0 Å². The molecule has 1 aromatic rings. The summed E-state index contributed by atoms with van der Waals surface area (Å²) in [6.07, 6.45) is 0.106. The molecule has 104 valence electrons. The van der Waals surface area contributed by atoms with Crippen molar-refractivity contribution in [2.24, 2.45) is 5.73 Å². The topological polar surface area (TPSA) is 83.4 Å². The number of nitrogens with zero attached hydrogens (tertiary/aromatic N) is 2. The Labute approximate surface area is 108 Å². The van der Waals surface area contributed by atoms with Crippen molar-refractivity contribution in [2.45, 2.75) is 51.9 Å². The second kappa shape index (κ2) is 5.34. The van der Waals surface area contributed by atoms with Crippen LogP contribution < -0.4 is 5.73 Å². The van der Waals surface area contributed by atoms with E-state index in [2.05, 4.69) is 10.1 Å². The molecule has 1 atom stereocenters. The van der Waals surface area contributed by atoms with Gasteiger partial charge in [-0.2, -0.15) is 4.98 Å². The first-order valence-electron chi connectivity index (χ1n) is 5.99. The van der Waals surface area contributed by atoms with Gasteiger partial charge in [0.05, 0.1) is 12.7 Å². The van der Waals surface area contributed by atoms with Crippen molar-refractivity contribution in [2.75, 3.05) is 13.7 Å². The molecule has 0 radical (unpaired) electrons. The third-order valence-corrected chi connectivity index (χ3v) is 2.68. The summed E-state index contributed by atoms with van der Waals surface area (Å²) in [5, 5.41) is 3.91. The van der Waals surface area contributed by atoms with E-state index in [4.69, 9.17) is 19.7 Å². The fourth-order valence-electron chi connectivity index (χ4n) is 1.19. The fraction of sp³-hybridized carbons (Fsp3) is 0.833. The molecule has 0 saturated heterocycles. The molecule has 0 aliphatic rings. The summed E-state index contributed by atoms with van der Waals surface area (Å²) in [5.74, 6) is 0.824. The van der Waals surface area contributed by atoms with Gasteiger partial charge in [-0.05, 0) is 34.6 Å². The molecule has 0 aromatic carbocycles. The molecule has 1 heterocycles. The lowest BCUT2D eigenvalue weighted by Gasteiger charge is -2.22. The summed E-state index contributed by atoms with van der Waals surface area (Å²) in [7, 11) is 1.59. The fourth-order valence-corrected chi connectivity index (χ4v) is 1.19. The van der Waals surface area contributed by atoms with Crippen LogP contribution >= 0.6 is 0 Å².